The van der Waals surface area contributed by atoms with E-state index in [0.717, 1.165) is 17.0 Å². The van der Waals surface area contributed by atoms with Crippen LogP contribution in [-0.4, -0.2) is 39.6 Å². The zero-order valence-corrected chi connectivity index (χ0v) is 20.1. The molecule has 0 aliphatic carbocycles. The summed E-state index contributed by atoms with van der Waals surface area (Å²) in [6.45, 7) is 4.27. The van der Waals surface area contributed by atoms with E-state index in [0.29, 0.717) is 29.0 Å². The Morgan fingerprint density at radius 1 is 1.03 bits per heavy atom. The Labute approximate surface area is 203 Å². The molecule has 174 valence electrons. The van der Waals surface area contributed by atoms with Crippen molar-refractivity contribution in [2.45, 2.75) is 24.3 Å². The normalized spacial score (nSPS) is 11.6. The van der Waals surface area contributed by atoms with Crippen molar-refractivity contribution in [3.63, 3.8) is 0 Å². The number of nitrogens with one attached hydrogen (secondary N) is 1. The molecule has 0 saturated heterocycles. The number of thioether (sulfide) groups is 1. The van der Waals surface area contributed by atoms with Crippen LogP contribution in [0.25, 0.3) is 17.1 Å². The van der Waals surface area contributed by atoms with Crippen molar-refractivity contribution in [3.05, 3.63) is 78.9 Å². The Kier molecular flexibility index (Phi) is 7.49. The third-order valence-corrected chi connectivity index (χ3v) is 6.11. The van der Waals surface area contributed by atoms with Crippen LogP contribution in [0.2, 0.25) is 0 Å². The number of ether oxygens (including phenoxy) is 2. The summed E-state index contributed by atoms with van der Waals surface area (Å²) in [5, 5.41) is 12.0. The minimum atomic E-state index is -0.431. The largest absolute Gasteiger partial charge is 0.497 e. The molecule has 3 aromatic carbocycles. The average molecular weight is 475 g/mol. The molecule has 0 fully saturated rings. The van der Waals surface area contributed by atoms with E-state index in [4.69, 9.17) is 9.47 Å². The summed E-state index contributed by atoms with van der Waals surface area (Å²) in [6.07, 6.45) is 0. The molecule has 0 saturated carbocycles. The van der Waals surface area contributed by atoms with Gasteiger partial charge in [-0.3, -0.25) is 9.36 Å². The summed E-state index contributed by atoms with van der Waals surface area (Å²) < 4.78 is 13.0. The second-order valence-corrected chi connectivity index (χ2v) is 8.70. The predicted octanol–water partition coefficient (Wildman–Crippen LogP) is 5.46. The average Bonchev–Trinajstić information content (AvgIpc) is 3.29. The Hall–Kier alpha value is -3.78. The number of hydrogen-bond acceptors (Lipinski definition) is 6. The zero-order chi connectivity index (χ0) is 23.9. The van der Waals surface area contributed by atoms with E-state index < -0.39 is 5.25 Å². The van der Waals surface area contributed by atoms with Crippen LogP contribution in [-0.2, 0) is 4.79 Å². The summed E-state index contributed by atoms with van der Waals surface area (Å²) >= 11 is 1.34. The van der Waals surface area contributed by atoms with E-state index in [-0.39, 0.29) is 5.91 Å². The number of para-hydroxylation sites is 3. The lowest BCUT2D eigenvalue weighted by Crippen LogP contribution is -2.23. The molecule has 4 aromatic rings. The minimum absolute atomic E-state index is 0.150. The fraction of sp³-hybridized carbons (Fsp3) is 0.192. The molecule has 1 amide bonds. The molecule has 34 heavy (non-hydrogen) atoms. The second kappa shape index (κ2) is 10.9. The van der Waals surface area contributed by atoms with E-state index in [1.807, 2.05) is 97.3 Å². The highest BCUT2D eigenvalue weighted by atomic mass is 32.2. The van der Waals surface area contributed by atoms with E-state index in [9.17, 15) is 4.79 Å². The van der Waals surface area contributed by atoms with Gasteiger partial charge in [-0.05, 0) is 50.2 Å². The van der Waals surface area contributed by atoms with Crippen LogP contribution in [0, 0.1) is 0 Å². The van der Waals surface area contributed by atoms with Crippen molar-refractivity contribution in [1.29, 1.82) is 0 Å². The number of nitrogens with zero attached hydrogens (tertiary/aromatic N) is 3. The molecule has 7 nitrogen and oxygen atoms in total. The highest BCUT2D eigenvalue weighted by Crippen LogP contribution is 2.32. The van der Waals surface area contributed by atoms with Crippen molar-refractivity contribution >= 4 is 23.4 Å². The lowest BCUT2D eigenvalue weighted by Gasteiger charge is -2.15. The number of aromatic nitrogens is 3. The Morgan fingerprint density at radius 2 is 1.79 bits per heavy atom. The topological polar surface area (TPSA) is 78.3 Å². The van der Waals surface area contributed by atoms with Crippen LogP contribution < -0.4 is 14.8 Å². The maximum atomic E-state index is 13.0. The van der Waals surface area contributed by atoms with E-state index >= 15 is 0 Å². The summed E-state index contributed by atoms with van der Waals surface area (Å²) in [4.78, 5) is 13.0. The molecule has 0 radical (unpaired) electrons. The van der Waals surface area contributed by atoms with Gasteiger partial charge >= 0.3 is 0 Å². The molecule has 8 heteroatoms. The summed E-state index contributed by atoms with van der Waals surface area (Å²) in [5.74, 6) is 1.89. The molecule has 1 N–H and O–H groups in total. The smallest absolute Gasteiger partial charge is 0.237 e. The molecule has 1 unspecified atom stereocenters. The van der Waals surface area contributed by atoms with Crippen LogP contribution in [0.4, 0.5) is 5.69 Å². The molecule has 4 rings (SSSR count). The monoisotopic (exact) mass is 474 g/mol. The minimum Gasteiger partial charge on any atom is -0.497 e. The molecular weight excluding hydrogens is 448 g/mol. The van der Waals surface area contributed by atoms with E-state index in [1.54, 1.807) is 7.11 Å². The number of hydrogen-bond donors (Lipinski definition) is 1. The second-order valence-electron chi connectivity index (χ2n) is 7.39. The molecule has 0 spiro atoms. The number of rotatable bonds is 9. The van der Waals surface area contributed by atoms with Crippen molar-refractivity contribution in [2.24, 2.45) is 0 Å². The fourth-order valence-electron chi connectivity index (χ4n) is 3.40. The molecule has 0 bridgehead atoms. The third kappa shape index (κ3) is 5.23. The number of carbonyl (C=O) groups excluding carboxylic acids is 1. The number of amides is 1. The molecule has 1 atom stereocenters. The van der Waals surface area contributed by atoms with Crippen LogP contribution >= 0.6 is 11.8 Å². The van der Waals surface area contributed by atoms with Crippen molar-refractivity contribution in [1.82, 2.24) is 14.8 Å². The van der Waals surface area contributed by atoms with Crippen molar-refractivity contribution < 1.29 is 14.3 Å². The number of carbonyl (C=O) groups is 1. The van der Waals surface area contributed by atoms with Crippen LogP contribution in [0.1, 0.15) is 13.8 Å². The van der Waals surface area contributed by atoms with Crippen LogP contribution in [0.3, 0.4) is 0 Å². The van der Waals surface area contributed by atoms with Gasteiger partial charge in [0.15, 0.2) is 11.0 Å². The number of anilines is 1. The first-order valence-corrected chi connectivity index (χ1v) is 11.8. The van der Waals surface area contributed by atoms with Crippen molar-refractivity contribution in [3.8, 4) is 28.6 Å². The van der Waals surface area contributed by atoms with Gasteiger partial charge in [0, 0.05) is 11.3 Å². The van der Waals surface area contributed by atoms with Gasteiger partial charge < -0.3 is 14.8 Å². The molecule has 1 heterocycles. The van der Waals surface area contributed by atoms with Gasteiger partial charge in [0.1, 0.15) is 11.5 Å². The lowest BCUT2D eigenvalue weighted by atomic mass is 10.2. The highest BCUT2D eigenvalue weighted by Gasteiger charge is 2.23. The van der Waals surface area contributed by atoms with Gasteiger partial charge in [0.25, 0.3) is 0 Å². The van der Waals surface area contributed by atoms with Gasteiger partial charge in [-0.25, -0.2) is 0 Å². The first kappa shape index (κ1) is 23.4. The van der Waals surface area contributed by atoms with E-state index in [1.165, 1.54) is 11.8 Å². The molecule has 1 aromatic heterocycles. The lowest BCUT2D eigenvalue weighted by molar-refractivity contribution is -0.115. The van der Waals surface area contributed by atoms with Gasteiger partial charge in [0.05, 0.1) is 24.7 Å². The Morgan fingerprint density at radius 3 is 2.56 bits per heavy atom. The van der Waals surface area contributed by atoms with Gasteiger partial charge in [0.2, 0.25) is 5.91 Å². The summed E-state index contributed by atoms with van der Waals surface area (Å²) in [5.41, 5.74) is 2.41. The SMILES string of the molecule is CCOc1ccccc1NC(=O)C(C)Sc1nnc(-c2cccc(OC)c2)n1-c1ccccc1. The Bertz CT molecular complexity index is 1260. The predicted molar refractivity (Wildman–Crippen MR) is 135 cm³/mol. The number of methoxy groups -OCH3 is 1. The van der Waals surface area contributed by atoms with Gasteiger partial charge in [-0.1, -0.05) is 54.2 Å². The maximum Gasteiger partial charge on any atom is 0.237 e. The molecule has 0 aliphatic heterocycles. The molecular formula is C26H26N4O3S. The fourth-order valence-corrected chi connectivity index (χ4v) is 4.27. The van der Waals surface area contributed by atoms with Crippen LogP contribution in [0.15, 0.2) is 84.0 Å². The standard InChI is InChI=1S/C26H26N4O3S/c1-4-33-23-16-9-8-15-22(23)27-25(31)18(2)34-26-29-28-24(19-11-10-14-21(17-19)32-3)30(26)20-12-6-5-7-13-20/h5-18H,4H2,1-3H3,(H,27,31). The quantitative estimate of drug-likeness (QED) is 0.325. The Balaban J connectivity index is 1.63. The van der Waals surface area contributed by atoms with Gasteiger partial charge in [-0.2, -0.15) is 0 Å². The first-order valence-electron chi connectivity index (χ1n) is 10.9. The first-order chi connectivity index (χ1) is 16.6. The highest BCUT2D eigenvalue weighted by molar-refractivity contribution is 8.00. The van der Waals surface area contributed by atoms with E-state index in [2.05, 4.69) is 15.5 Å². The summed E-state index contributed by atoms with van der Waals surface area (Å²) in [7, 11) is 1.63. The maximum absolute atomic E-state index is 13.0. The van der Waals surface area contributed by atoms with Crippen molar-refractivity contribution in [2.75, 3.05) is 19.0 Å². The van der Waals surface area contributed by atoms with Gasteiger partial charge in [-0.15, -0.1) is 10.2 Å². The summed E-state index contributed by atoms with van der Waals surface area (Å²) in [6, 6.07) is 24.9. The molecule has 0 aliphatic rings. The zero-order valence-electron chi connectivity index (χ0n) is 19.3. The van der Waals surface area contributed by atoms with Crippen LogP contribution in [0.5, 0.6) is 11.5 Å². The number of benzene rings is 3. The third-order valence-electron chi connectivity index (χ3n) is 5.07.